The van der Waals surface area contributed by atoms with Crippen molar-refractivity contribution in [3.8, 4) is 0 Å². The van der Waals surface area contributed by atoms with E-state index in [1.54, 1.807) is 0 Å². The van der Waals surface area contributed by atoms with E-state index in [4.69, 9.17) is 0 Å². The Labute approximate surface area is 78.1 Å². The second-order valence-corrected chi connectivity index (χ2v) is 2.91. The van der Waals surface area contributed by atoms with E-state index in [9.17, 15) is 0 Å². The molecule has 0 aromatic rings. The molecule has 76 valence electrons. The van der Waals surface area contributed by atoms with Gasteiger partial charge in [-0.3, -0.25) is 0 Å². The lowest BCUT2D eigenvalue weighted by Gasteiger charge is -2.00. The summed E-state index contributed by atoms with van der Waals surface area (Å²) in [5, 5.41) is 6.43. The molecule has 0 unspecified atom stereocenters. The molecule has 0 atom stereocenters. The molecule has 0 bridgehead atoms. The summed E-state index contributed by atoms with van der Waals surface area (Å²) in [6.45, 7) is 9.86. The molecule has 2 heteroatoms. The van der Waals surface area contributed by atoms with Gasteiger partial charge in [0.15, 0.2) is 0 Å². The van der Waals surface area contributed by atoms with Crippen molar-refractivity contribution in [2.24, 2.45) is 0 Å². The molecule has 12 heavy (non-hydrogen) atoms. The van der Waals surface area contributed by atoms with Crippen molar-refractivity contribution >= 4 is 0 Å². The normalized spacial score (nSPS) is 9.00. The minimum atomic E-state index is 1.12. The maximum absolute atomic E-state index is 3.33. The lowest BCUT2D eigenvalue weighted by molar-refractivity contribution is 0.619. The lowest BCUT2D eigenvalue weighted by Crippen LogP contribution is -2.20. The highest BCUT2D eigenvalue weighted by atomic mass is 14.9. The third-order valence-corrected chi connectivity index (χ3v) is 1.21. The zero-order valence-electron chi connectivity index (χ0n) is 9.24. The molecule has 0 rings (SSSR count). The van der Waals surface area contributed by atoms with Crippen molar-refractivity contribution in [1.29, 1.82) is 0 Å². The van der Waals surface area contributed by atoms with Crippen molar-refractivity contribution < 1.29 is 0 Å². The molecule has 0 aromatic carbocycles. The van der Waals surface area contributed by atoms with Crippen LogP contribution in [0.2, 0.25) is 0 Å². The summed E-state index contributed by atoms with van der Waals surface area (Å²) < 4.78 is 0. The topological polar surface area (TPSA) is 24.1 Å². The number of nitrogens with one attached hydrogen (secondary N) is 2. The van der Waals surface area contributed by atoms with Gasteiger partial charge in [-0.05, 0) is 39.5 Å². The standard InChI is InChI=1S/C7H18N2.C3H8/c1-3-5-9-7-4-6-8-2;1-3-2/h8-9H,3-7H2,1-2H3;3H2,1-2H3. The van der Waals surface area contributed by atoms with Crippen LogP contribution in [0, 0.1) is 0 Å². The van der Waals surface area contributed by atoms with E-state index in [1.165, 1.54) is 19.3 Å². The van der Waals surface area contributed by atoms with Crippen molar-refractivity contribution in [3.63, 3.8) is 0 Å². The van der Waals surface area contributed by atoms with Crippen molar-refractivity contribution in [3.05, 3.63) is 0 Å². The highest BCUT2D eigenvalue weighted by molar-refractivity contribution is 4.47. The molecule has 0 aliphatic carbocycles. The van der Waals surface area contributed by atoms with Gasteiger partial charge in [0.2, 0.25) is 0 Å². The van der Waals surface area contributed by atoms with Crippen LogP contribution in [-0.2, 0) is 0 Å². The van der Waals surface area contributed by atoms with Gasteiger partial charge in [0.05, 0.1) is 0 Å². The molecule has 2 nitrogen and oxygen atoms in total. The summed E-state index contributed by atoms with van der Waals surface area (Å²) in [7, 11) is 1.99. The van der Waals surface area contributed by atoms with Crippen molar-refractivity contribution in [1.82, 2.24) is 10.6 Å². The predicted molar refractivity (Wildman–Crippen MR) is 57.7 cm³/mol. The van der Waals surface area contributed by atoms with E-state index < -0.39 is 0 Å². The monoisotopic (exact) mass is 174 g/mol. The first-order chi connectivity index (χ1) is 5.83. The van der Waals surface area contributed by atoms with Crippen LogP contribution in [-0.4, -0.2) is 26.7 Å². The van der Waals surface area contributed by atoms with E-state index in [0.717, 1.165) is 19.6 Å². The zero-order chi connectivity index (χ0) is 9.66. The van der Waals surface area contributed by atoms with Gasteiger partial charge in [-0.15, -0.1) is 0 Å². The summed E-state index contributed by atoms with van der Waals surface area (Å²) in [5.74, 6) is 0. The minimum absolute atomic E-state index is 1.12. The van der Waals surface area contributed by atoms with Crippen LogP contribution in [0.4, 0.5) is 0 Å². The fourth-order valence-corrected chi connectivity index (χ4v) is 0.692. The first-order valence-corrected chi connectivity index (χ1v) is 5.18. The molecule has 0 fully saturated rings. The summed E-state index contributed by atoms with van der Waals surface area (Å²) >= 11 is 0. The molecule has 0 aliphatic rings. The maximum Gasteiger partial charge on any atom is -0.00368 e. The highest BCUT2D eigenvalue weighted by Gasteiger charge is 1.82. The second-order valence-electron chi connectivity index (χ2n) is 2.91. The number of hydrogen-bond acceptors (Lipinski definition) is 2. The Bertz CT molecular complexity index is 49.8. The van der Waals surface area contributed by atoms with Crippen molar-refractivity contribution in [2.75, 3.05) is 26.7 Å². The number of rotatable bonds is 6. The molecule has 0 saturated carbocycles. The molecule has 0 amide bonds. The number of hydrogen-bond donors (Lipinski definition) is 2. The van der Waals surface area contributed by atoms with Gasteiger partial charge in [0.1, 0.15) is 0 Å². The Morgan fingerprint density at radius 2 is 1.50 bits per heavy atom. The Balaban J connectivity index is 0. The van der Waals surface area contributed by atoms with E-state index >= 15 is 0 Å². The van der Waals surface area contributed by atoms with E-state index in [2.05, 4.69) is 31.4 Å². The summed E-state index contributed by atoms with van der Waals surface area (Å²) in [5.41, 5.74) is 0. The molecule has 0 saturated heterocycles. The molecule has 0 spiro atoms. The Morgan fingerprint density at radius 3 is 1.92 bits per heavy atom. The first kappa shape index (κ1) is 14.4. The Hall–Kier alpha value is -0.0800. The van der Waals surface area contributed by atoms with Crippen LogP contribution in [0.5, 0.6) is 0 Å². The molecule has 0 heterocycles. The average molecular weight is 174 g/mol. The van der Waals surface area contributed by atoms with Crippen LogP contribution in [0.15, 0.2) is 0 Å². The summed E-state index contributed by atoms with van der Waals surface area (Å²) in [4.78, 5) is 0. The van der Waals surface area contributed by atoms with Crippen LogP contribution < -0.4 is 10.6 Å². The molecular weight excluding hydrogens is 148 g/mol. The zero-order valence-corrected chi connectivity index (χ0v) is 9.24. The van der Waals surface area contributed by atoms with Crippen LogP contribution in [0.25, 0.3) is 0 Å². The lowest BCUT2D eigenvalue weighted by atomic mass is 10.4. The van der Waals surface area contributed by atoms with Crippen LogP contribution in [0.3, 0.4) is 0 Å². The van der Waals surface area contributed by atoms with Gasteiger partial charge in [-0.25, -0.2) is 0 Å². The quantitative estimate of drug-likeness (QED) is 0.602. The third kappa shape index (κ3) is 22.5. The molecule has 2 N–H and O–H groups in total. The highest BCUT2D eigenvalue weighted by Crippen LogP contribution is 1.73. The molecule has 0 radical (unpaired) electrons. The maximum atomic E-state index is 3.33. The first-order valence-electron chi connectivity index (χ1n) is 5.18. The van der Waals surface area contributed by atoms with Gasteiger partial charge in [0, 0.05) is 0 Å². The largest absolute Gasteiger partial charge is 0.320 e. The molecular formula is C10H26N2. The van der Waals surface area contributed by atoms with E-state index in [0.29, 0.717) is 0 Å². The molecule has 0 aromatic heterocycles. The second kappa shape index (κ2) is 17.1. The van der Waals surface area contributed by atoms with Gasteiger partial charge >= 0.3 is 0 Å². The van der Waals surface area contributed by atoms with Crippen LogP contribution in [0.1, 0.15) is 40.0 Å². The van der Waals surface area contributed by atoms with E-state index in [1.807, 2.05) is 7.05 Å². The molecule has 0 aliphatic heterocycles. The smallest absolute Gasteiger partial charge is 0.00368 e. The average Bonchev–Trinajstić information content (AvgIpc) is 2.06. The fourth-order valence-electron chi connectivity index (χ4n) is 0.692. The van der Waals surface area contributed by atoms with Gasteiger partial charge < -0.3 is 10.6 Å². The Morgan fingerprint density at radius 1 is 0.917 bits per heavy atom. The summed E-state index contributed by atoms with van der Waals surface area (Å²) in [6.07, 6.45) is 3.72. The summed E-state index contributed by atoms with van der Waals surface area (Å²) in [6, 6.07) is 0. The SMILES string of the molecule is CCC.CCCNCCCNC. The fraction of sp³-hybridized carbons (Fsp3) is 1.00. The van der Waals surface area contributed by atoms with Gasteiger partial charge in [0.25, 0.3) is 0 Å². The van der Waals surface area contributed by atoms with E-state index in [-0.39, 0.29) is 0 Å². The third-order valence-electron chi connectivity index (χ3n) is 1.21. The Kier molecular flexibility index (Phi) is 20.6. The van der Waals surface area contributed by atoms with Crippen molar-refractivity contribution in [2.45, 2.75) is 40.0 Å². The van der Waals surface area contributed by atoms with Gasteiger partial charge in [-0.2, -0.15) is 0 Å². The van der Waals surface area contributed by atoms with Crippen LogP contribution >= 0.6 is 0 Å². The van der Waals surface area contributed by atoms with Gasteiger partial charge in [-0.1, -0.05) is 27.2 Å². The minimum Gasteiger partial charge on any atom is -0.320 e. The predicted octanol–water partition coefficient (Wildman–Crippen LogP) is 2.01.